The summed E-state index contributed by atoms with van der Waals surface area (Å²) in [7, 11) is 0. The molecule has 0 aliphatic heterocycles. The predicted octanol–water partition coefficient (Wildman–Crippen LogP) is 4.51. The molecule has 2 aromatic rings. The van der Waals surface area contributed by atoms with Gasteiger partial charge in [-0.2, -0.15) is 0 Å². The van der Waals surface area contributed by atoms with Crippen LogP contribution in [0.3, 0.4) is 0 Å². The van der Waals surface area contributed by atoms with E-state index < -0.39 is 0 Å². The van der Waals surface area contributed by atoms with Gasteiger partial charge in [-0.3, -0.25) is 0 Å². The minimum atomic E-state index is -0.212. The van der Waals surface area contributed by atoms with Crippen LogP contribution in [0.15, 0.2) is 53.4 Å². The van der Waals surface area contributed by atoms with Gasteiger partial charge in [-0.05, 0) is 48.1 Å². The molecule has 0 heterocycles. The largest absolute Gasteiger partial charge is 0.508 e. The van der Waals surface area contributed by atoms with E-state index in [0.717, 1.165) is 22.4 Å². The molecule has 0 aliphatic rings. The summed E-state index contributed by atoms with van der Waals surface area (Å²) in [5.41, 5.74) is 2.15. The summed E-state index contributed by atoms with van der Waals surface area (Å²) in [5.74, 6) is 0.0657. The Labute approximate surface area is 116 Å². The van der Waals surface area contributed by atoms with Gasteiger partial charge in [0.25, 0.3) is 0 Å². The molecule has 0 saturated heterocycles. The molecule has 0 fully saturated rings. The van der Waals surface area contributed by atoms with E-state index in [1.165, 1.54) is 12.1 Å². The Hall–Kier alpha value is -1.74. The van der Waals surface area contributed by atoms with Crippen LogP contribution in [-0.2, 0) is 6.42 Å². The number of phenols is 1. The van der Waals surface area contributed by atoms with Crippen molar-refractivity contribution in [1.82, 2.24) is 0 Å². The number of hydrogen-bond donors (Lipinski definition) is 1. The smallest absolute Gasteiger partial charge is 0.123 e. The Morgan fingerprint density at radius 1 is 1.16 bits per heavy atom. The Morgan fingerprint density at radius 2 is 1.89 bits per heavy atom. The maximum atomic E-state index is 12.8. The van der Waals surface area contributed by atoms with Crippen LogP contribution in [-0.4, -0.2) is 11.4 Å². The number of aromatic hydroxyl groups is 1. The molecule has 0 aliphatic carbocycles. The number of hydrogen-bond acceptors (Lipinski definition) is 2. The van der Waals surface area contributed by atoms with Crippen molar-refractivity contribution in [2.45, 2.75) is 11.3 Å². The Bertz CT molecular complexity index is 576. The van der Waals surface area contributed by atoms with E-state index in [2.05, 4.69) is 0 Å². The fourth-order valence-corrected chi connectivity index (χ4v) is 2.39. The van der Waals surface area contributed by atoms with Gasteiger partial charge in [0.05, 0.1) is 0 Å². The minimum Gasteiger partial charge on any atom is -0.508 e. The number of benzene rings is 2. The van der Waals surface area contributed by atoms with Crippen molar-refractivity contribution in [3.63, 3.8) is 0 Å². The summed E-state index contributed by atoms with van der Waals surface area (Å²) in [5, 5.41) is 9.43. The maximum Gasteiger partial charge on any atom is 0.123 e. The number of halogens is 1. The fraction of sp³-hybridized carbons (Fsp3) is 0.125. The van der Waals surface area contributed by atoms with E-state index >= 15 is 0 Å². The third kappa shape index (κ3) is 3.86. The lowest BCUT2D eigenvalue weighted by molar-refractivity contribution is 0.474. The average molecular weight is 274 g/mol. The second-order valence-electron chi connectivity index (χ2n) is 4.16. The highest BCUT2D eigenvalue weighted by atomic mass is 32.2. The maximum absolute atomic E-state index is 12.8. The van der Waals surface area contributed by atoms with Gasteiger partial charge in [0.1, 0.15) is 11.6 Å². The van der Waals surface area contributed by atoms with E-state index in [9.17, 15) is 9.50 Å². The van der Waals surface area contributed by atoms with Crippen LogP contribution < -0.4 is 0 Å². The second kappa shape index (κ2) is 6.43. The third-order valence-electron chi connectivity index (χ3n) is 2.78. The summed E-state index contributed by atoms with van der Waals surface area (Å²) >= 11 is 1.60. The van der Waals surface area contributed by atoms with E-state index in [0.29, 0.717) is 0 Å². The lowest BCUT2D eigenvalue weighted by Gasteiger charge is -2.03. The lowest BCUT2D eigenvalue weighted by Crippen LogP contribution is -1.82. The first-order valence-corrected chi connectivity index (χ1v) is 7.19. The van der Waals surface area contributed by atoms with Gasteiger partial charge >= 0.3 is 0 Å². The Balaban J connectivity index is 2.08. The molecule has 0 saturated carbocycles. The first-order chi connectivity index (χ1) is 9.19. The summed E-state index contributed by atoms with van der Waals surface area (Å²) in [4.78, 5) is 1.04. The van der Waals surface area contributed by atoms with Gasteiger partial charge in [-0.1, -0.05) is 30.4 Å². The average Bonchev–Trinajstić information content (AvgIpc) is 2.42. The fourth-order valence-electron chi connectivity index (χ4n) is 1.78. The van der Waals surface area contributed by atoms with Crippen LogP contribution in [0.4, 0.5) is 4.39 Å². The van der Waals surface area contributed by atoms with Crippen LogP contribution in [0.1, 0.15) is 11.1 Å². The summed E-state index contributed by atoms with van der Waals surface area (Å²) < 4.78 is 12.8. The first kappa shape index (κ1) is 13.7. The van der Waals surface area contributed by atoms with E-state index in [1.807, 2.05) is 24.5 Å². The Kier molecular flexibility index (Phi) is 4.63. The van der Waals surface area contributed by atoms with Crippen LogP contribution >= 0.6 is 11.8 Å². The van der Waals surface area contributed by atoms with Crippen molar-refractivity contribution >= 4 is 17.8 Å². The van der Waals surface area contributed by atoms with Crippen LogP contribution in [0.5, 0.6) is 5.75 Å². The standard InChI is InChI=1S/C16H15FOS/c1-19-16-11-15(18)10-7-13(16)4-2-3-12-5-8-14(17)9-6-12/h2,4-11,18H,3H2,1H3/b4-2-. The zero-order chi connectivity index (χ0) is 13.7. The number of phenolic OH excluding ortho intramolecular Hbond substituents is 1. The number of rotatable bonds is 4. The van der Waals surface area contributed by atoms with Crippen LogP contribution in [0.25, 0.3) is 6.08 Å². The Morgan fingerprint density at radius 3 is 2.58 bits per heavy atom. The first-order valence-electron chi connectivity index (χ1n) is 5.97. The SMILES string of the molecule is CSc1cc(O)ccc1/C=C\Cc1ccc(F)cc1. The molecule has 19 heavy (non-hydrogen) atoms. The highest BCUT2D eigenvalue weighted by Crippen LogP contribution is 2.26. The number of allylic oxidation sites excluding steroid dienone is 1. The molecule has 0 aromatic heterocycles. The van der Waals surface area contributed by atoms with Crippen molar-refractivity contribution in [1.29, 1.82) is 0 Å². The summed E-state index contributed by atoms with van der Waals surface area (Å²) in [6, 6.07) is 11.8. The molecule has 0 amide bonds. The van der Waals surface area contributed by atoms with E-state index in [1.54, 1.807) is 36.0 Å². The molecule has 0 spiro atoms. The third-order valence-corrected chi connectivity index (χ3v) is 3.57. The zero-order valence-corrected chi connectivity index (χ0v) is 11.5. The monoisotopic (exact) mass is 274 g/mol. The number of thioether (sulfide) groups is 1. The lowest BCUT2D eigenvalue weighted by atomic mass is 10.1. The molecule has 2 rings (SSSR count). The molecule has 0 radical (unpaired) electrons. The molecule has 0 bridgehead atoms. The van der Waals surface area contributed by atoms with Gasteiger partial charge < -0.3 is 5.11 Å². The molecule has 2 aromatic carbocycles. The molecular weight excluding hydrogens is 259 g/mol. The van der Waals surface area contributed by atoms with Crippen molar-refractivity contribution in [2.24, 2.45) is 0 Å². The van der Waals surface area contributed by atoms with Crippen molar-refractivity contribution < 1.29 is 9.50 Å². The van der Waals surface area contributed by atoms with E-state index in [4.69, 9.17) is 0 Å². The summed E-state index contributed by atoms with van der Waals surface area (Å²) in [6.07, 6.45) is 6.80. The van der Waals surface area contributed by atoms with Crippen LogP contribution in [0, 0.1) is 5.82 Å². The molecular formula is C16H15FOS. The zero-order valence-electron chi connectivity index (χ0n) is 10.6. The highest BCUT2D eigenvalue weighted by molar-refractivity contribution is 7.98. The molecule has 3 heteroatoms. The molecule has 1 N–H and O–H groups in total. The van der Waals surface area contributed by atoms with Gasteiger partial charge in [0, 0.05) is 4.90 Å². The van der Waals surface area contributed by atoms with Crippen molar-refractivity contribution in [3.8, 4) is 5.75 Å². The quantitative estimate of drug-likeness (QED) is 0.828. The normalized spacial score (nSPS) is 11.1. The predicted molar refractivity (Wildman–Crippen MR) is 79.0 cm³/mol. The topological polar surface area (TPSA) is 20.2 Å². The molecule has 0 unspecified atom stereocenters. The van der Waals surface area contributed by atoms with Crippen molar-refractivity contribution in [2.75, 3.05) is 6.26 Å². The highest BCUT2D eigenvalue weighted by Gasteiger charge is 1.99. The molecule has 98 valence electrons. The van der Waals surface area contributed by atoms with Gasteiger partial charge in [0.15, 0.2) is 0 Å². The van der Waals surface area contributed by atoms with Gasteiger partial charge in [-0.25, -0.2) is 4.39 Å². The van der Waals surface area contributed by atoms with Gasteiger partial charge in [-0.15, -0.1) is 11.8 Å². The summed E-state index contributed by atoms with van der Waals surface area (Å²) in [6.45, 7) is 0. The van der Waals surface area contributed by atoms with Gasteiger partial charge in [0.2, 0.25) is 0 Å². The molecule has 1 nitrogen and oxygen atoms in total. The van der Waals surface area contributed by atoms with E-state index in [-0.39, 0.29) is 11.6 Å². The second-order valence-corrected chi connectivity index (χ2v) is 5.01. The van der Waals surface area contributed by atoms with Crippen molar-refractivity contribution in [3.05, 3.63) is 65.5 Å². The minimum absolute atomic E-state index is 0.212. The molecule has 0 atom stereocenters. The van der Waals surface area contributed by atoms with Crippen LogP contribution in [0.2, 0.25) is 0 Å².